The highest BCUT2D eigenvalue weighted by Crippen LogP contribution is 2.31. The molecular formula is C13H20N2O3. The lowest BCUT2D eigenvalue weighted by atomic mass is 10.1. The van der Waals surface area contributed by atoms with Gasteiger partial charge in [-0.25, -0.2) is 0 Å². The van der Waals surface area contributed by atoms with Gasteiger partial charge in [-0.05, 0) is 25.8 Å². The summed E-state index contributed by atoms with van der Waals surface area (Å²) in [5.74, 6) is -0.276. The second-order valence-corrected chi connectivity index (χ2v) is 4.38. The highest BCUT2D eigenvalue weighted by Gasteiger charge is 2.17. The Bertz CT molecular complexity index is 421. The number of benzene rings is 1. The summed E-state index contributed by atoms with van der Waals surface area (Å²) in [4.78, 5) is 12.2. The number of nitro benzene ring substituents is 1. The van der Waals surface area contributed by atoms with Crippen LogP contribution in [0.3, 0.4) is 0 Å². The molecule has 5 nitrogen and oxygen atoms in total. The summed E-state index contributed by atoms with van der Waals surface area (Å²) in [6.07, 6.45) is 1.97. The molecule has 1 rings (SSSR count). The molecule has 0 spiro atoms. The Hall–Kier alpha value is -1.78. The molecule has 0 fully saturated rings. The van der Waals surface area contributed by atoms with Crippen molar-refractivity contribution in [3.63, 3.8) is 0 Å². The van der Waals surface area contributed by atoms with Crippen molar-refractivity contribution in [1.29, 1.82) is 0 Å². The zero-order valence-corrected chi connectivity index (χ0v) is 11.1. The van der Waals surface area contributed by atoms with Crippen LogP contribution in [0.15, 0.2) is 18.2 Å². The average molecular weight is 252 g/mol. The Morgan fingerprint density at radius 2 is 2.11 bits per heavy atom. The van der Waals surface area contributed by atoms with E-state index in [2.05, 4.69) is 25.7 Å². The maximum Gasteiger partial charge on any atom is 0.310 e. The van der Waals surface area contributed by atoms with Crippen LogP contribution in [0.2, 0.25) is 0 Å². The molecule has 0 saturated carbocycles. The Balaban J connectivity index is 3.06. The topological polar surface area (TPSA) is 66.6 Å². The molecule has 0 amide bonds. The molecule has 0 aliphatic heterocycles. The van der Waals surface area contributed by atoms with E-state index in [9.17, 15) is 15.2 Å². The Labute approximate surface area is 107 Å². The van der Waals surface area contributed by atoms with Gasteiger partial charge < -0.3 is 10.0 Å². The molecule has 0 aliphatic carbocycles. The van der Waals surface area contributed by atoms with E-state index < -0.39 is 4.92 Å². The van der Waals surface area contributed by atoms with E-state index in [0.717, 1.165) is 25.1 Å². The van der Waals surface area contributed by atoms with Crippen molar-refractivity contribution in [2.24, 2.45) is 0 Å². The number of anilines is 1. The molecular weight excluding hydrogens is 232 g/mol. The third-order valence-corrected chi connectivity index (χ3v) is 3.07. The van der Waals surface area contributed by atoms with Crippen LogP contribution in [-0.4, -0.2) is 22.6 Å². The molecule has 1 unspecified atom stereocenters. The molecule has 1 N–H and O–H groups in total. The number of phenols is 1. The van der Waals surface area contributed by atoms with Crippen molar-refractivity contribution < 1.29 is 10.0 Å². The van der Waals surface area contributed by atoms with Crippen LogP contribution >= 0.6 is 0 Å². The van der Waals surface area contributed by atoms with Gasteiger partial charge in [0.1, 0.15) is 0 Å². The predicted octanol–water partition coefficient (Wildman–Crippen LogP) is 3.32. The number of rotatable bonds is 6. The maximum atomic E-state index is 10.7. The van der Waals surface area contributed by atoms with Gasteiger partial charge in [0, 0.05) is 30.4 Å². The highest BCUT2D eigenvalue weighted by atomic mass is 16.6. The lowest BCUT2D eigenvalue weighted by molar-refractivity contribution is -0.385. The molecule has 0 saturated heterocycles. The van der Waals surface area contributed by atoms with Crippen molar-refractivity contribution in [2.75, 3.05) is 11.4 Å². The fourth-order valence-corrected chi connectivity index (χ4v) is 1.91. The van der Waals surface area contributed by atoms with Crippen molar-refractivity contribution in [1.82, 2.24) is 0 Å². The molecule has 0 radical (unpaired) electrons. The van der Waals surface area contributed by atoms with Gasteiger partial charge in [0.25, 0.3) is 0 Å². The number of phenolic OH excluding ortho intramolecular Hbond substituents is 1. The monoisotopic (exact) mass is 252 g/mol. The Morgan fingerprint density at radius 3 is 2.56 bits per heavy atom. The summed E-state index contributed by atoms with van der Waals surface area (Å²) < 4.78 is 0. The van der Waals surface area contributed by atoms with Crippen molar-refractivity contribution >= 4 is 11.4 Å². The second-order valence-electron chi connectivity index (χ2n) is 4.38. The van der Waals surface area contributed by atoms with E-state index >= 15 is 0 Å². The minimum Gasteiger partial charge on any atom is -0.502 e. The van der Waals surface area contributed by atoms with Crippen LogP contribution in [-0.2, 0) is 0 Å². The zero-order valence-electron chi connectivity index (χ0n) is 11.1. The second kappa shape index (κ2) is 6.23. The first-order valence-electron chi connectivity index (χ1n) is 6.25. The van der Waals surface area contributed by atoms with E-state index in [1.54, 1.807) is 6.07 Å². The molecule has 0 heterocycles. The van der Waals surface area contributed by atoms with Gasteiger partial charge in [-0.3, -0.25) is 10.1 Å². The van der Waals surface area contributed by atoms with Gasteiger partial charge in [-0.15, -0.1) is 0 Å². The predicted molar refractivity (Wildman–Crippen MR) is 72.2 cm³/mol. The van der Waals surface area contributed by atoms with E-state index in [1.807, 2.05) is 0 Å². The third-order valence-electron chi connectivity index (χ3n) is 3.07. The van der Waals surface area contributed by atoms with Crippen LogP contribution < -0.4 is 4.90 Å². The smallest absolute Gasteiger partial charge is 0.310 e. The Kier molecular flexibility index (Phi) is 4.95. The first-order valence-corrected chi connectivity index (χ1v) is 6.25. The summed E-state index contributed by atoms with van der Waals surface area (Å²) in [6, 6.07) is 4.86. The van der Waals surface area contributed by atoms with Crippen LogP contribution in [0, 0.1) is 10.1 Å². The lowest BCUT2D eigenvalue weighted by Gasteiger charge is -2.30. The Morgan fingerprint density at radius 1 is 1.44 bits per heavy atom. The van der Waals surface area contributed by atoms with Crippen molar-refractivity contribution in [3.8, 4) is 5.75 Å². The highest BCUT2D eigenvalue weighted by molar-refractivity contribution is 5.59. The molecule has 1 atom stereocenters. The molecule has 5 heteroatoms. The summed E-state index contributed by atoms with van der Waals surface area (Å²) >= 11 is 0. The molecule has 0 bridgehead atoms. The van der Waals surface area contributed by atoms with Gasteiger partial charge in [-0.1, -0.05) is 13.8 Å². The largest absolute Gasteiger partial charge is 0.502 e. The number of aromatic hydroxyl groups is 1. The van der Waals surface area contributed by atoms with Crippen molar-refractivity contribution in [3.05, 3.63) is 28.3 Å². The molecule has 18 heavy (non-hydrogen) atoms. The molecule has 100 valence electrons. The summed E-state index contributed by atoms with van der Waals surface area (Å²) in [7, 11) is 0. The van der Waals surface area contributed by atoms with Gasteiger partial charge in [0.05, 0.1) is 4.92 Å². The fraction of sp³-hybridized carbons (Fsp3) is 0.538. The SMILES string of the molecule is CCCN(c1ccc([N+](=O)[O-])c(O)c1)C(C)CC. The number of hydrogen-bond donors (Lipinski definition) is 1. The van der Waals surface area contributed by atoms with E-state index in [4.69, 9.17) is 0 Å². The number of nitro groups is 1. The van der Waals surface area contributed by atoms with E-state index in [0.29, 0.717) is 6.04 Å². The average Bonchev–Trinajstić information content (AvgIpc) is 2.34. The van der Waals surface area contributed by atoms with E-state index in [-0.39, 0.29) is 11.4 Å². The first kappa shape index (κ1) is 14.3. The quantitative estimate of drug-likeness (QED) is 0.623. The standard InChI is InChI=1S/C13H20N2O3/c1-4-8-14(10(3)5-2)11-6-7-12(15(17)18)13(16)9-11/h6-7,9-10,16H,4-5,8H2,1-3H3. The lowest BCUT2D eigenvalue weighted by Crippen LogP contribution is -2.33. The van der Waals surface area contributed by atoms with Crippen LogP contribution in [0.25, 0.3) is 0 Å². The third kappa shape index (κ3) is 3.12. The number of nitrogens with zero attached hydrogens (tertiary/aromatic N) is 2. The fourth-order valence-electron chi connectivity index (χ4n) is 1.91. The normalized spacial score (nSPS) is 12.2. The van der Waals surface area contributed by atoms with Gasteiger partial charge in [-0.2, -0.15) is 0 Å². The minimum atomic E-state index is -0.577. The van der Waals surface area contributed by atoms with Crippen molar-refractivity contribution in [2.45, 2.75) is 39.7 Å². The molecule has 1 aromatic rings. The van der Waals surface area contributed by atoms with Crippen LogP contribution in [0.5, 0.6) is 5.75 Å². The van der Waals surface area contributed by atoms with Crippen LogP contribution in [0.4, 0.5) is 11.4 Å². The van der Waals surface area contributed by atoms with E-state index in [1.165, 1.54) is 12.1 Å². The van der Waals surface area contributed by atoms with Crippen LogP contribution in [0.1, 0.15) is 33.6 Å². The minimum absolute atomic E-state index is 0.251. The maximum absolute atomic E-state index is 10.7. The molecule has 0 aliphatic rings. The summed E-state index contributed by atoms with van der Waals surface area (Å²) in [6.45, 7) is 7.15. The van der Waals surface area contributed by atoms with Gasteiger partial charge in [0.2, 0.25) is 0 Å². The number of hydrogen-bond acceptors (Lipinski definition) is 4. The van der Waals surface area contributed by atoms with Gasteiger partial charge >= 0.3 is 5.69 Å². The zero-order chi connectivity index (χ0) is 13.7. The summed E-state index contributed by atoms with van der Waals surface area (Å²) in [5.41, 5.74) is 0.577. The molecule has 0 aromatic heterocycles. The summed E-state index contributed by atoms with van der Waals surface area (Å²) in [5, 5.41) is 20.3. The first-order chi connectivity index (χ1) is 8.51. The van der Waals surface area contributed by atoms with Gasteiger partial charge in [0.15, 0.2) is 5.75 Å². The molecule has 1 aromatic carbocycles.